The molecular weight excluding hydrogens is 204 g/mol. The summed E-state index contributed by atoms with van der Waals surface area (Å²) in [5, 5.41) is 0. The van der Waals surface area contributed by atoms with Crippen LogP contribution in [0.3, 0.4) is 0 Å². The second-order valence-corrected chi connectivity index (χ2v) is 3.24. The van der Waals surface area contributed by atoms with Gasteiger partial charge in [0.25, 0.3) is 12.6 Å². The highest BCUT2D eigenvalue weighted by Gasteiger charge is 2.35. The lowest BCUT2D eigenvalue weighted by molar-refractivity contribution is -0.318. The minimum absolute atomic E-state index is 0.207. The molecule has 0 aromatic carbocycles. The van der Waals surface area contributed by atoms with Crippen LogP contribution in [0.1, 0.15) is 20.8 Å². The van der Waals surface area contributed by atoms with E-state index in [1.807, 2.05) is 0 Å². The first kappa shape index (κ1) is 11.9. The molecular formula is C9H14O6. The predicted octanol–water partition coefficient (Wildman–Crippen LogP) is 0.200. The van der Waals surface area contributed by atoms with Crippen molar-refractivity contribution in [2.24, 2.45) is 0 Å². The fraction of sp³-hybridized carbons (Fsp3) is 0.778. The molecule has 6 nitrogen and oxygen atoms in total. The molecule has 1 fully saturated rings. The van der Waals surface area contributed by atoms with Crippen molar-refractivity contribution in [1.82, 2.24) is 0 Å². The maximum Gasteiger partial charge on any atom is 0.305 e. The van der Waals surface area contributed by atoms with E-state index in [1.54, 1.807) is 6.92 Å². The van der Waals surface area contributed by atoms with Crippen LogP contribution in [0, 0.1) is 0 Å². The van der Waals surface area contributed by atoms with Gasteiger partial charge < -0.3 is 18.9 Å². The van der Waals surface area contributed by atoms with Gasteiger partial charge in [-0.05, 0) is 6.92 Å². The van der Waals surface area contributed by atoms with Gasteiger partial charge in [-0.25, -0.2) is 0 Å². The Morgan fingerprint density at radius 3 is 2.20 bits per heavy atom. The maximum absolute atomic E-state index is 10.8. The third-order valence-electron chi connectivity index (χ3n) is 1.65. The number of carbonyl (C=O) groups excluding carboxylic acids is 2. The van der Waals surface area contributed by atoms with Gasteiger partial charge in [0.05, 0.1) is 12.7 Å². The molecule has 0 spiro atoms. The van der Waals surface area contributed by atoms with Crippen LogP contribution >= 0.6 is 0 Å². The van der Waals surface area contributed by atoms with Crippen molar-refractivity contribution in [3.8, 4) is 0 Å². The first-order valence-corrected chi connectivity index (χ1v) is 4.60. The third kappa shape index (κ3) is 3.85. The van der Waals surface area contributed by atoms with Crippen LogP contribution in [0.25, 0.3) is 0 Å². The summed E-state index contributed by atoms with van der Waals surface area (Å²) in [5.41, 5.74) is 0. The van der Waals surface area contributed by atoms with E-state index in [-0.39, 0.29) is 12.7 Å². The van der Waals surface area contributed by atoms with E-state index in [2.05, 4.69) is 0 Å². The topological polar surface area (TPSA) is 71.1 Å². The second kappa shape index (κ2) is 5.09. The largest absolute Gasteiger partial charge is 0.429 e. The molecule has 1 saturated heterocycles. The Kier molecular flexibility index (Phi) is 4.05. The number of rotatable bonds is 2. The van der Waals surface area contributed by atoms with Gasteiger partial charge in [0.2, 0.25) is 0 Å². The summed E-state index contributed by atoms with van der Waals surface area (Å²) in [6, 6.07) is 0. The normalized spacial score (nSPS) is 30.7. The van der Waals surface area contributed by atoms with Gasteiger partial charge in [0.1, 0.15) is 0 Å². The van der Waals surface area contributed by atoms with Crippen LogP contribution in [0.15, 0.2) is 0 Å². The van der Waals surface area contributed by atoms with Crippen molar-refractivity contribution in [2.45, 2.75) is 39.5 Å². The summed E-state index contributed by atoms with van der Waals surface area (Å²) < 4.78 is 20.0. The molecule has 1 heterocycles. The van der Waals surface area contributed by atoms with Crippen LogP contribution in [-0.4, -0.2) is 37.2 Å². The van der Waals surface area contributed by atoms with Gasteiger partial charge in [0.15, 0.2) is 0 Å². The molecule has 0 aromatic heterocycles. The summed E-state index contributed by atoms with van der Waals surface area (Å²) in [7, 11) is 0. The van der Waals surface area contributed by atoms with Gasteiger partial charge >= 0.3 is 11.9 Å². The Labute approximate surface area is 87.4 Å². The summed E-state index contributed by atoms with van der Waals surface area (Å²) >= 11 is 0. The molecule has 15 heavy (non-hydrogen) atoms. The van der Waals surface area contributed by atoms with E-state index in [0.717, 1.165) is 0 Å². The van der Waals surface area contributed by atoms with Gasteiger partial charge in [-0.15, -0.1) is 0 Å². The Morgan fingerprint density at radius 1 is 1.13 bits per heavy atom. The van der Waals surface area contributed by atoms with E-state index in [1.165, 1.54) is 13.8 Å². The average molecular weight is 218 g/mol. The zero-order valence-electron chi connectivity index (χ0n) is 8.89. The number of hydrogen-bond acceptors (Lipinski definition) is 6. The molecule has 1 aliphatic heterocycles. The highest BCUT2D eigenvalue weighted by atomic mass is 16.8. The Bertz CT molecular complexity index is 251. The minimum Gasteiger partial charge on any atom is -0.429 e. The molecule has 1 aliphatic rings. The van der Waals surface area contributed by atoms with Crippen LogP contribution in [0.5, 0.6) is 0 Å². The zero-order chi connectivity index (χ0) is 11.4. The fourth-order valence-electron chi connectivity index (χ4n) is 1.14. The Hall–Kier alpha value is -1.14. The first-order chi connectivity index (χ1) is 6.99. The fourth-order valence-corrected chi connectivity index (χ4v) is 1.14. The van der Waals surface area contributed by atoms with Crippen LogP contribution < -0.4 is 0 Å². The number of hydrogen-bond donors (Lipinski definition) is 0. The van der Waals surface area contributed by atoms with E-state index in [9.17, 15) is 9.59 Å². The lowest BCUT2D eigenvalue weighted by atomic mass is 10.4. The van der Waals surface area contributed by atoms with Crippen LogP contribution in [-0.2, 0) is 28.5 Å². The van der Waals surface area contributed by atoms with Gasteiger partial charge in [0, 0.05) is 13.8 Å². The van der Waals surface area contributed by atoms with Crippen LogP contribution in [0.4, 0.5) is 0 Å². The minimum atomic E-state index is -0.991. The van der Waals surface area contributed by atoms with E-state index in [4.69, 9.17) is 18.9 Å². The van der Waals surface area contributed by atoms with Crippen molar-refractivity contribution in [3.05, 3.63) is 0 Å². The molecule has 3 atom stereocenters. The van der Waals surface area contributed by atoms with Crippen LogP contribution in [0.2, 0.25) is 0 Å². The summed E-state index contributed by atoms with van der Waals surface area (Å²) in [4.78, 5) is 21.5. The van der Waals surface area contributed by atoms with Gasteiger partial charge in [-0.3, -0.25) is 9.59 Å². The molecule has 1 rings (SSSR count). The van der Waals surface area contributed by atoms with E-state index < -0.39 is 24.5 Å². The van der Waals surface area contributed by atoms with Crippen molar-refractivity contribution in [2.75, 3.05) is 6.61 Å². The highest BCUT2D eigenvalue weighted by Crippen LogP contribution is 2.17. The SMILES string of the molecule is CC(=O)OC1OCC(C)OC1OC(C)=O. The second-order valence-electron chi connectivity index (χ2n) is 3.24. The van der Waals surface area contributed by atoms with E-state index in [0.29, 0.717) is 0 Å². The Morgan fingerprint density at radius 2 is 1.67 bits per heavy atom. The molecule has 0 aliphatic carbocycles. The van der Waals surface area contributed by atoms with E-state index >= 15 is 0 Å². The molecule has 0 saturated carbocycles. The standard InChI is InChI=1S/C9H14O6/c1-5-4-12-8(14-6(2)10)9(13-5)15-7(3)11/h5,8-9H,4H2,1-3H3. The lowest BCUT2D eigenvalue weighted by Gasteiger charge is -2.33. The number of esters is 2. The summed E-state index contributed by atoms with van der Waals surface area (Å²) in [5.74, 6) is -1.04. The monoisotopic (exact) mass is 218 g/mol. The quantitative estimate of drug-likeness (QED) is 0.616. The molecule has 0 N–H and O–H groups in total. The highest BCUT2D eigenvalue weighted by molar-refractivity contribution is 5.67. The Balaban J connectivity index is 2.57. The molecule has 86 valence electrons. The molecule has 0 radical (unpaired) electrons. The van der Waals surface area contributed by atoms with Crippen molar-refractivity contribution >= 4 is 11.9 Å². The van der Waals surface area contributed by atoms with Gasteiger partial charge in [-0.2, -0.15) is 0 Å². The predicted molar refractivity (Wildman–Crippen MR) is 47.6 cm³/mol. The smallest absolute Gasteiger partial charge is 0.305 e. The van der Waals surface area contributed by atoms with Crippen molar-refractivity contribution in [1.29, 1.82) is 0 Å². The molecule has 3 unspecified atom stereocenters. The number of ether oxygens (including phenoxy) is 4. The van der Waals surface area contributed by atoms with Gasteiger partial charge in [-0.1, -0.05) is 0 Å². The zero-order valence-corrected chi connectivity index (χ0v) is 8.89. The molecule has 6 heteroatoms. The number of carbonyl (C=O) groups is 2. The first-order valence-electron chi connectivity index (χ1n) is 4.60. The lowest BCUT2D eigenvalue weighted by Crippen LogP contribution is -2.46. The molecule has 0 bridgehead atoms. The summed E-state index contributed by atoms with van der Waals surface area (Å²) in [6.45, 7) is 4.54. The average Bonchev–Trinajstić information content (AvgIpc) is 2.08. The maximum atomic E-state index is 10.8. The molecule has 0 amide bonds. The van der Waals surface area contributed by atoms with Crippen molar-refractivity contribution in [3.63, 3.8) is 0 Å². The summed E-state index contributed by atoms with van der Waals surface area (Å²) in [6.07, 6.45) is -2.18. The third-order valence-corrected chi connectivity index (χ3v) is 1.65. The van der Waals surface area contributed by atoms with Crippen molar-refractivity contribution < 1.29 is 28.5 Å². The molecule has 0 aromatic rings.